The number of ether oxygens (including phenoxy) is 1. The predicted octanol–water partition coefficient (Wildman–Crippen LogP) is 8.13. The van der Waals surface area contributed by atoms with Crippen LogP contribution in [0.4, 0.5) is 0 Å². The maximum Gasteiger partial charge on any atom is 0.142 e. The van der Waals surface area contributed by atoms with E-state index in [1.54, 1.807) is 0 Å². The van der Waals surface area contributed by atoms with Crippen LogP contribution >= 0.6 is 17.1 Å². The van der Waals surface area contributed by atoms with Gasteiger partial charge in [0.25, 0.3) is 0 Å². The van der Waals surface area contributed by atoms with E-state index in [9.17, 15) is 0 Å². The fraction of sp³-hybridized carbons (Fsp3) is 0.188. The van der Waals surface area contributed by atoms with Crippen molar-refractivity contribution in [2.45, 2.75) is 32.6 Å². The van der Waals surface area contributed by atoms with Gasteiger partial charge in [-0.15, -0.1) is 0 Å². The molecule has 0 radical (unpaired) electrons. The number of rotatable bonds is 5. The number of fused-ring (bicyclic) bond motifs is 2. The van der Waals surface area contributed by atoms with Crippen molar-refractivity contribution in [3.63, 3.8) is 0 Å². The second-order valence-corrected chi connectivity index (χ2v) is 13.6. The smallest absolute Gasteiger partial charge is 0.142 e. The average molecular weight is 553 g/mol. The van der Waals surface area contributed by atoms with E-state index in [1.165, 1.54) is 22.0 Å². The minimum atomic E-state index is -0.732. The minimum Gasteiger partial charge on any atom is -0.456 e. The minimum absolute atomic E-state index is 0.0938. The Morgan fingerprint density at radius 1 is 0.744 bits per heavy atom. The van der Waals surface area contributed by atoms with E-state index in [0.717, 1.165) is 24.5 Å². The van der Waals surface area contributed by atoms with Gasteiger partial charge in [0.05, 0.1) is 14.2 Å². The van der Waals surface area contributed by atoms with Gasteiger partial charge in [0.1, 0.15) is 19.7 Å². The molecule has 5 heterocycles. The van der Waals surface area contributed by atoms with Crippen LogP contribution in [0.3, 0.4) is 0 Å². The maximum atomic E-state index is 6.67. The molecule has 39 heavy (non-hydrogen) atoms. The number of hydrogen-bond donors (Lipinski definition) is 0. The van der Waals surface area contributed by atoms with Crippen LogP contribution in [0.15, 0.2) is 122 Å². The Hall–Kier alpha value is -3.52. The molecule has 3 aromatic heterocycles. The van der Waals surface area contributed by atoms with Crippen molar-refractivity contribution in [1.29, 1.82) is 0 Å². The zero-order chi connectivity index (χ0) is 26.8. The summed E-state index contributed by atoms with van der Waals surface area (Å²) in [6.07, 6.45) is 18.2. The van der Waals surface area contributed by atoms with Gasteiger partial charge < -0.3 is 22.4 Å². The van der Waals surface area contributed by atoms with Gasteiger partial charge in [0.2, 0.25) is 0 Å². The van der Waals surface area contributed by atoms with E-state index in [2.05, 4.69) is 136 Å². The molecule has 0 aliphatic carbocycles. The van der Waals surface area contributed by atoms with Crippen LogP contribution in [0.5, 0.6) is 11.5 Å². The summed E-state index contributed by atoms with van der Waals surface area (Å²) in [5.74, 6) is 2.06. The quantitative estimate of drug-likeness (QED) is 0.206. The molecule has 5 nitrogen and oxygen atoms in total. The Morgan fingerprint density at radius 2 is 1.33 bits per heavy atom. The Bertz CT molecular complexity index is 1520. The third kappa shape index (κ3) is 5.10. The molecule has 7 heteroatoms. The molecular formula is C32H34N4OP2. The van der Waals surface area contributed by atoms with Gasteiger partial charge in [-0.25, -0.2) is 0 Å². The van der Waals surface area contributed by atoms with Gasteiger partial charge >= 0.3 is 0 Å². The summed E-state index contributed by atoms with van der Waals surface area (Å²) in [6.45, 7) is 7.81. The van der Waals surface area contributed by atoms with E-state index >= 15 is 0 Å². The van der Waals surface area contributed by atoms with Crippen molar-refractivity contribution in [2.24, 2.45) is 0 Å². The fourth-order valence-corrected chi connectivity index (χ4v) is 8.39. The molecule has 2 aliphatic rings. The molecule has 0 fully saturated rings. The van der Waals surface area contributed by atoms with Gasteiger partial charge in [-0.1, -0.05) is 50.3 Å². The summed E-state index contributed by atoms with van der Waals surface area (Å²) >= 11 is 0. The van der Waals surface area contributed by atoms with Crippen molar-refractivity contribution >= 4 is 22.4 Å². The zero-order valence-electron chi connectivity index (χ0n) is 22.6. The van der Waals surface area contributed by atoms with Crippen molar-refractivity contribution in [3.8, 4) is 11.5 Å². The normalized spacial score (nSPS) is 15.6. The lowest BCUT2D eigenvalue weighted by molar-refractivity contribution is 0.418. The van der Waals surface area contributed by atoms with Crippen LogP contribution in [0, 0.1) is 6.92 Å². The molecule has 2 aromatic carbocycles. The predicted molar refractivity (Wildman–Crippen MR) is 165 cm³/mol. The number of aryl methyl sites for hydroxylation is 1. The first-order chi connectivity index (χ1) is 19.0. The zero-order valence-corrected chi connectivity index (χ0v) is 24.5. The van der Waals surface area contributed by atoms with Gasteiger partial charge in [-0.3, -0.25) is 0 Å². The molecule has 0 saturated carbocycles. The van der Waals surface area contributed by atoms with E-state index in [1.807, 2.05) is 24.3 Å². The maximum absolute atomic E-state index is 6.67. The standard InChI is InChI=1S/C24H25N2OP.C8H9N2P/c1-18-10-8-11-19-22(18)27-23-20(24(19,2)3)12-9-13-21(23)28(25-14-4-5-15-25)26-16-6-7-17-26;1-2-6-9(5-1)11-10-7-3-4-8-10/h4-6,8-16H,7,17H2,1-3H3;1-8,11H. The van der Waals surface area contributed by atoms with Crippen molar-refractivity contribution in [2.75, 3.05) is 6.54 Å². The monoisotopic (exact) mass is 552 g/mol. The fourth-order valence-electron chi connectivity index (χ4n) is 5.23. The molecule has 7 rings (SSSR count). The van der Waals surface area contributed by atoms with E-state index in [-0.39, 0.29) is 5.41 Å². The highest BCUT2D eigenvalue weighted by molar-refractivity contribution is 7.62. The van der Waals surface area contributed by atoms with Crippen LogP contribution in [-0.4, -0.2) is 24.2 Å². The molecule has 0 amide bonds. The van der Waals surface area contributed by atoms with Crippen LogP contribution in [0.1, 0.15) is 37.0 Å². The first-order valence-corrected chi connectivity index (χ1v) is 15.5. The van der Waals surface area contributed by atoms with Crippen LogP contribution in [0.25, 0.3) is 0 Å². The Morgan fingerprint density at radius 3 is 1.95 bits per heavy atom. The lowest BCUT2D eigenvalue weighted by Crippen LogP contribution is -2.29. The molecule has 0 bridgehead atoms. The molecule has 2 aliphatic heterocycles. The lowest BCUT2D eigenvalue weighted by Gasteiger charge is -2.38. The summed E-state index contributed by atoms with van der Waals surface area (Å²) in [5.41, 5.74) is 3.63. The molecular weight excluding hydrogens is 518 g/mol. The number of nitrogens with zero attached hydrogens (tertiary/aromatic N) is 4. The Kier molecular flexibility index (Phi) is 7.21. The third-order valence-electron chi connectivity index (χ3n) is 7.27. The highest BCUT2D eigenvalue weighted by Crippen LogP contribution is 2.53. The highest BCUT2D eigenvalue weighted by atomic mass is 31.1. The first kappa shape index (κ1) is 25.7. The van der Waals surface area contributed by atoms with Crippen LogP contribution in [-0.2, 0) is 5.41 Å². The molecule has 1 atom stereocenters. The van der Waals surface area contributed by atoms with Gasteiger partial charge in [-0.2, -0.15) is 0 Å². The van der Waals surface area contributed by atoms with Crippen molar-refractivity contribution in [1.82, 2.24) is 17.7 Å². The van der Waals surface area contributed by atoms with Gasteiger partial charge in [-0.05, 0) is 61.4 Å². The number of benzene rings is 2. The summed E-state index contributed by atoms with van der Waals surface area (Å²) in [4.78, 5) is 0. The van der Waals surface area contributed by atoms with Crippen LogP contribution < -0.4 is 10.0 Å². The first-order valence-electron chi connectivity index (χ1n) is 13.3. The second-order valence-electron chi connectivity index (χ2n) is 10.3. The summed E-state index contributed by atoms with van der Waals surface area (Å²) in [7, 11) is -0.0728. The van der Waals surface area contributed by atoms with Crippen molar-refractivity contribution in [3.05, 3.63) is 139 Å². The van der Waals surface area contributed by atoms with Gasteiger partial charge in [0.15, 0.2) is 0 Å². The summed E-state index contributed by atoms with van der Waals surface area (Å²) < 4.78 is 15.8. The molecule has 0 N–H and O–H groups in total. The SMILES string of the molecule is Cc1cccc2c1Oc1c(P(N3C=CCC3)n3cccc3)cccc1C2(C)C.c1ccn(Pn2cccc2)c1. The molecule has 1 unspecified atom stereocenters. The van der Waals surface area contributed by atoms with E-state index < -0.39 is 8.22 Å². The topological polar surface area (TPSA) is 27.3 Å². The molecule has 0 saturated heterocycles. The Balaban J connectivity index is 0.000000210. The molecule has 198 valence electrons. The average Bonchev–Trinajstić information content (AvgIpc) is 3.75. The number of hydrogen-bond acceptors (Lipinski definition) is 2. The van der Waals surface area contributed by atoms with E-state index in [0.29, 0.717) is 8.88 Å². The molecule has 0 spiro atoms. The summed E-state index contributed by atoms with van der Waals surface area (Å²) in [5, 5.41) is 1.28. The number of aromatic nitrogens is 3. The summed E-state index contributed by atoms with van der Waals surface area (Å²) in [6, 6.07) is 25.5. The highest BCUT2D eigenvalue weighted by Gasteiger charge is 2.38. The number of para-hydroxylation sites is 2. The second kappa shape index (κ2) is 10.9. The third-order valence-corrected chi connectivity index (χ3v) is 10.6. The van der Waals surface area contributed by atoms with E-state index in [4.69, 9.17) is 4.74 Å². The molecule has 5 aromatic rings. The largest absolute Gasteiger partial charge is 0.456 e. The van der Waals surface area contributed by atoms with Crippen molar-refractivity contribution < 1.29 is 4.74 Å². The van der Waals surface area contributed by atoms with Gasteiger partial charge in [0, 0.05) is 66.5 Å². The Labute approximate surface area is 234 Å². The lowest BCUT2D eigenvalue weighted by atomic mass is 9.75. The van der Waals surface area contributed by atoms with Crippen LogP contribution in [0.2, 0.25) is 0 Å².